The predicted octanol–water partition coefficient (Wildman–Crippen LogP) is 2.46. The fraction of sp³-hybridized carbons (Fsp3) is 0.300. The van der Waals surface area contributed by atoms with Crippen molar-refractivity contribution < 1.29 is 9.59 Å². The van der Waals surface area contributed by atoms with Crippen LogP contribution in [0.1, 0.15) is 40.1 Å². The number of fused-ring (bicyclic) bond motifs is 3. The Kier molecular flexibility index (Phi) is 4.95. The Morgan fingerprint density at radius 3 is 2.68 bits per heavy atom. The number of hydrogen-bond donors (Lipinski definition) is 2. The highest BCUT2D eigenvalue weighted by Crippen LogP contribution is 2.33. The van der Waals surface area contributed by atoms with Crippen LogP contribution in [-0.2, 0) is 24.2 Å². The topological polar surface area (TPSA) is 107 Å². The maximum Gasteiger partial charge on any atom is 0.262 e. The summed E-state index contributed by atoms with van der Waals surface area (Å²) in [7, 11) is 0. The van der Waals surface area contributed by atoms with Crippen LogP contribution in [0.15, 0.2) is 35.4 Å². The molecule has 0 fully saturated rings. The fourth-order valence-electron chi connectivity index (χ4n) is 3.50. The van der Waals surface area contributed by atoms with E-state index in [-0.39, 0.29) is 24.4 Å². The molecule has 1 aliphatic carbocycles. The molecule has 0 unspecified atom stereocenters. The molecule has 144 valence electrons. The lowest BCUT2D eigenvalue weighted by atomic mass is 9.97. The van der Waals surface area contributed by atoms with Crippen LogP contribution in [0.4, 0.5) is 5.69 Å². The van der Waals surface area contributed by atoms with Gasteiger partial charge in [0.2, 0.25) is 11.8 Å². The molecule has 2 aromatic heterocycles. The summed E-state index contributed by atoms with van der Waals surface area (Å²) in [5.74, 6) is -0.734. The zero-order chi connectivity index (χ0) is 19.7. The van der Waals surface area contributed by atoms with E-state index in [0.717, 1.165) is 41.5 Å². The first-order valence-electron chi connectivity index (χ1n) is 9.22. The van der Waals surface area contributed by atoms with E-state index >= 15 is 0 Å². The normalized spacial score (nSPS) is 13.3. The first-order valence-corrected chi connectivity index (χ1v) is 10.0. The highest BCUT2D eigenvalue weighted by molar-refractivity contribution is 7.18. The number of thiophene rings is 1. The van der Waals surface area contributed by atoms with Crippen LogP contribution in [0, 0.1) is 0 Å². The van der Waals surface area contributed by atoms with Crippen molar-refractivity contribution in [3.05, 3.63) is 57.0 Å². The van der Waals surface area contributed by atoms with Crippen LogP contribution >= 0.6 is 11.3 Å². The molecule has 1 aliphatic rings. The van der Waals surface area contributed by atoms with Gasteiger partial charge in [0.1, 0.15) is 4.83 Å². The smallest absolute Gasteiger partial charge is 0.262 e. The second kappa shape index (κ2) is 7.55. The summed E-state index contributed by atoms with van der Waals surface area (Å²) in [6, 6.07) is 6.35. The van der Waals surface area contributed by atoms with E-state index < -0.39 is 5.91 Å². The van der Waals surface area contributed by atoms with Crippen molar-refractivity contribution in [3.63, 3.8) is 0 Å². The number of rotatable bonds is 5. The fourth-order valence-corrected chi connectivity index (χ4v) is 4.72. The molecule has 1 aromatic carbocycles. The van der Waals surface area contributed by atoms with Crippen molar-refractivity contribution >= 4 is 39.1 Å². The molecule has 7 nitrogen and oxygen atoms in total. The third kappa shape index (κ3) is 3.55. The second-order valence-electron chi connectivity index (χ2n) is 6.87. The van der Waals surface area contributed by atoms with Gasteiger partial charge in [-0.15, -0.1) is 11.3 Å². The SMILES string of the molecule is NC(=O)c1ccc(NC(=O)CCn2cnc3sc4c(c3c2=O)CCCC4)cc1. The van der Waals surface area contributed by atoms with E-state index in [4.69, 9.17) is 5.73 Å². The van der Waals surface area contributed by atoms with Gasteiger partial charge in [0.15, 0.2) is 0 Å². The molecule has 3 aromatic rings. The molecular formula is C20H20N4O3S. The van der Waals surface area contributed by atoms with Crippen LogP contribution in [0.5, 0.6) is 0 Å². The van der Waals surface area contributed by atoms with Crippen LogP contribution in [0.25, 0.3) is 10.2 Å². The zero-order valence-corrected chi connectivity index (χ0v) is 16.1. The minimum Gasteiger partial charge on any atom is -0.366 e. The van der Waals surface area contributed by atoms with E-state index in [2.05, 4.69) is 10.3 Å². The maximum absolute atomic E-state index is 12.9. The first kappa shape index (κ1) is 18.4. The molecule has 0 atom stereocenters. The number of aromatic nitrogens is 2. The average Bonchev–Trinajstić information content (AvgIpc) is 3.07. The van der Waals surface area contributed by atoms with Gasteiger partial charge < -0.3 is 11.1 Å². The number of nitrogens with one attached hydrogen (secondary N) is 1. The standard InChI is InChI=1S/C20H20N4O3S/c21-18(26)12-5-7-13(8-6-12)23-16(25)9-10-24-11-22-19-17(20(24)27)14-3-1-2-4-15(14)28-19/h5-8,11H,1-4,9-10H2,(H2,21,26)(H,23,25). The van der Waals surface area contributed by atoms with Gasteiger partial charge in [-0.2, -0.15) is 0 Å². The minimum absolute atomic E-state index is 0.0667. The Hall–Kier alpha value is -3.00. The summed E-state index contributed by atoms with van der Waals surface area (Å²) in [6.07, 6.45) is 5.89. The van der Waals surface area contributed by atoms with Crippen LogP contribution in [0.3, 0.4) is 0 Å². The van der Waals surface area contributed by atoms with Crippen molar-refractivity contribution in [1.82, 2.24) is 9.55 Å². The summed E-state index contributed by atoms with van der Waals surface area (Å²) >= 11 is 1.62. The van der Waals surface area contributed by atoms with Crippen LogP contribution < -0.4 is 16.6 Å². The van der Waals surface area contributed by atoms with Gasteiger partial charge in [-0.3, -0.25) is 19.0 Å². The lowest BCUT2D eigenvalue weighted by Crippen LogP contribution is -2.24. The third-order valence-corrected chi connectivity index (χ3v) is 6.17. The molecule has 2 amide bonds. The van der Waals surface area contributed by atoms with Gasteiger partial charge in [0.25, 0.3) is 5.56 Å². The van der Waals surface area contributed by atoms with Gasteiger partial charge in [-0.1, -0.05) is 0 Å². The van der Waals surface area contributed by atoms with Crippen LogP contribution in [-0.4, -0.2) is 21.4 Å². The summed E-state index contributed by atoms with van der Waals surface area (Å²) in [6.45, 7) is 0.262. The van der Waals surface area contributed by atoms with Crippen LogP contribution in [0.2, 0.25) is 0 Å². The number of hydrogen-bond acceptors (Lipinski definition) is 5. The largest absolute Gasteiger partial charge is 0.366 e. The number of amides is 2. The van der Waals surface area contributed by atoms with Crippen molar-refractivity contribution in [1.29, 1.82) is 0 Å². The molecule has 4 rings (SSSR count). The lowest BCUT2D eigenvalue weighted by molar-refractivity contribution is -0.116. The number of aryl methyl sites for hydroxylation is 3. The highest BCUT2D eigenvalue weighted by atomic mass is 32.1. The Balaban J connectivity index is 1.46. The van der Waals surface area contributed by atoms with Crippen molar-refractivity contribution in [2.45, 2.75) is 38.6 Å². The maximum atomic E-state index is 12.9. The number of nitrogens with zero attached hydrogens (tertiary/aromatic N) is 2. The Labute approximate surface area is 165 Å². The molecular weight excluding hydrogens is 376 g/mol. The Morgan fingerprint density at radius 1 is 1.18 bits per heavy atom. The quantitative estimate of drug-likeness (QED) is 0.691. The monoisotopic (exact) mass is 396 g/mol. The summed E-state index contributed by atoms with van der Waals surface area (Å²) < 4.78 is 1.51. The molecule has 0 saturated carbocycles. The van der Waals surface area contributed by atoms with Crippen molar-refractivity contribution in [2.75, 3.05) is 5.32 Å². The van der Waals surface area contributed by atoms with Crippen molar-refractivity contribution in [2.24, 2.45) is 5.73 Å². The average molecular weight is 396 g/mol. The number of anilines is 1. The van der Waals surface area contributed by atoms with E-state index in [1.54, 1.807) is 35.6 Å². The van der Waals surface area contributed by atoms with Gasteiger partial charge in [-0.25, -0.2) is 4.98 Å². The van der Waals surface area contributed by atoms with Gasteiger partial charge in [0.05, 0.1) is 11.7 Å². The van der Waals surface area contributed by atoms with Gasteiger partial charge in [-0.05, 0) is 55.5 Å². The molecule has 8 heteroatoms. The minimum atomic E-state index is -0.518. The number of carbonyl (C=O) groups is 2. The predicted molar refractivity (Wildman–Crippen MR) is 109 cm³/mol. The molecule has 0 bridgehead atoms. The summed E-state index contributed by atoms with van der Waals surface area (Å²) in [5, 5.41) is 3.48. The first-order chi connectivity index (χ1) is 13.5. The molecule has 0 aliphatic heterocycles. The number of carbonyl (C=O) groups excluding carboxylic acids is 2. The van der Waals surface area contributed by atoms with Gasteiger partial charge in [0, 0.05) is 29.1 Å². The molecule has 3 N–H and O–H groups in total. The number of benzene rings is 1. The number of nitrogens with two attached hydrogens (primary N) is 1. The van der Waals surface area contributed by atoms with Gasteiger partial charge >= 0.3 is 0 Å². The van der Waals surface area contributed by atoms with E-state index in [1.807, 2.05) is 0 Å². The number of primary amides is 1. The van der Waals surface area contributed by atoms with Crippen molar-refractivity contribution in [3.8, 4) is 0 Å². The third-order valence-electron chi connectivity index (χ3n) is 4.97. The van der Waals surface area contributed by atoms with E-state index in [9.17, 15) is 14.4 Å². The molecule has 28 heavy (non-hydrogen) atoms. The summed E-state index contributed by atoms with van der Waals surface area (Å²) in [5.41, 5.74) is 7.23. The second-order valence-corrected chi connectivity index (χ2v) is 7.96. The van der Waals surface area contributed by atoms with E-state index in [1.165, 1.54) is 15.8 Å². The highest BCUT2D eigenvalue weighted by Gasteiger charge is 2.20. The Morgan fingerprint density at radius 2 is 1.93 bits per heavy atom. The molecule has 0 saturated heterocycles. The molecule has 0 radical (unpaired) electrons. The zero-order valence-electron chi connectivity index (χ0n) is 15.2. The summed E-state index contributed by atoms with van der Waals surface area (Å²) in [4.78, 5) is 42.7. The lowest BCUT2D eigenvalue weighted by Gasteiger charge is -2.10. The molecule has 2 heterocycles. The molecule has 0 spiro atoms. The van der Waals surface area contributed by atoms with E-state index in [0.29, 0.717) is 11.3 Å². The Bertz CT molecular complexity index is 1110.